The number of rotatable bonds is 3. The first kappa shape index (κ1) is 29.3. The molecule has 2 aliphatic rings. The van der Waals surface area contributed by atoms with Gasteiger partial charge in [-0.3, -0.25) is 5.32 Å². The summed E-state index contributed by atoms with van der Waals surface area (Å²) in [6.45, 7) is 7.30. The summed E-state index contributed by atoms with van der Waals surface area (Å²) in [5.74, 6) is 0. The highest BCUT2D eigenvalue weighted by atomic mass is 35.5. The minimum absolute atomic E-state index is 0.254. The maximum atomic E-state index is 12.0. The number of pyridine rings is 2. The van der Waals surface area contributed by atoms with E-state index in [1.54, 1.807) is 32.9 Å². The molecule has 5 N–H and O–H groups in total. The Bertz CT molecular complexity index is 1080. The zero-order chi connectivity index (χ0) is 27.3. The first-order valence-electron chi connectivity index (χ1n) is 12.0. The molecule has 204 valence electrons. The molecule has 0 bridgehead atoms. The number of amides is 1. The molecule has 0 saturated carbocycles. The molecule has 2 aromatic rings. The van der Waals surface area contributed by atoms with Crippen molar-refractivity contribution in [3.8, 4) is 0 Å². The number of hydrogen-bond acceptors (Lipinski definition) is 9. The van der Waals surface area contributed by atoms with Crippen LogP contribution in [0.4, 0.5) is 16.2 Å². The number of nitrogen functional groups attached to an aromatic ring is 1. The molecule has 1 amide bonds. The van der Waals surface area contributed by atoms with Gasteiger partial charge in [-0.05, 0) is 32.9 Å². The van der Waals surface area contributed by atoms with E-state index in [1.807, 2.05) is 0 Å². The van der Waals surface area contributed by atoms with Crippen LogP contribution in [0.15, 0.2) is 24.5 Å². The van der Waals surface area contributed by atoms with Crippen molar-refractivity contribution < 1.29 is 29.2 Å². The molecule has 2 fully saturated rings. The summed E-state index contributed by atoms with van der Waals surface area (Å²) in [6, 6.07) is 3.20. The second-order valence-electron chi connectivity index (χ2n) is 10.1. The van der Waals surface area contributed by atoms with E-state index in [0.29, 0.717) is 79.8 Å². The van der Waals surface area contributed by atoms with Crippen LogP contribution < -0.4 is 11.1 Å². The monoisotopic (exact) mass is 556 g/mol. The molecule has 0 unspecified atom stereocenters. The van der Waals surface area contributed by atoms with Gasteiger partial charge in [0.15, 0.2) is 0 Å². The Morgan fingerprint density at radius 2 is 1.41 bits per heavy atom. The maximum Gasteiger partial charge on any atom is 0.412 e. The number of aliphatic hydroxyl groups is 2. The van der Waals surface area contributed by atoms with E-state index in [-0.39, 0.29) is 5.15 Å². The maximum absolute atomic E-state index is 12.0. The van der Waals surface area contributed by atoms with Crippen LogP contribution in [0.1, 0.15) is 57.6 Å². The van der Waals surface area contributed by atoms with Crippen molar-refractivity contribution in [2.45, 2.75) is 63.3 Å². The molecule has 0 aliphatic carbocycles. The molecule has 2 aliphatic heterocycles. The van der Waals surface area contributed by atoms with Gasteiger partial charge >= 0.3 is 6.09 Å². The van der Waals surface area contributed by atoms with Crippen LogP contribution in [-0.2, 0) is 25.4 Å². The molecule has 2 saturated heterocycles. The van der Waals surface area contributed by atoms with Crippen LogP contribution in [0.3, 0.4) is 0 Å². The number of aromatic nitrogens is 2. The van der Waals surface area contributed by atoms with Crippen molar-refractivity contribution >= 4 is 40.7 Å². The number of nitrogens with one attached hydrogen (secondary N) is 1. The summed E-state index contributed by atoms with van der Waals surface area (Å²) in [7, 11) is 0. The second-order valence-corrected chi connectivity index (χ2v) is 10.8. The summed E-state index contributed by atoms with van der Waals surface area (Å²) in [5.41, 5.74) is 5.20. The standard InChI is InChI=1S/C15H21ClN2O4.C10H13ClN2O2/c1-14(2,3)22-13(19)18-11-9-17-12(16)8-10(11)15(20)4-6-21-7-5-15;11-9-5-7(8(12)6-13-9)10(14)1-3-15-4-2-10/h8-9,20H,4-7H2,1-3H3,(H,18,19);5-6,14H,1-4,12H2. The van der Waals surface area contributed by atoms with Crippen LogP contribution in [0.25, 0.3) is 0 Å². The fourth-order valence-electron chi connectivity index (χ4n) is 4.13. The predicted molar refractivity (Wildman–Crippen MR) is 141 cm³/mol. The quantitative estimate of drug-likeness (QED) is 0.403. The molecule has 4 rings (SSSR count). The summed E-state index contributed by atoms with van der Waals surface area (Å²) >= 11 is 11.7. The number of anilines is 2. The second kappa shape index (κ2) is 12.1. The molecular formula is C25H34Cl2N4O6. The lowest BCUT2D eigenvalue weighted by Crippen LogP contribution is -2.35. The number of carbonyl (C=O) groups excluding carboxylic acids is 1. The van der Waals surface area contributed by atoms with E-state index < -0.39 is 22.9 Å². The van der Waals surface area contributed by atoms with Crippen molar-refractivity contribution in [1.82, 2.24) is 9.97 Å². The highest BCUT2D eigenvalue weighted by molar-refractivity contribution is 6.29. The number of ether oxygens (including phenoxy) is 3. The molecule has 4 heterocycles. The van der Waals surface area contributed by atoms with Crippen molar-refractivity contribution in [1.29, 1.82) is 0 Å². The topological polar surface area (TPSA) is 149 Å². The Kier molecular flexibility index (Phi) is 9.60. The zero-order valence-corrected chi connectivity index (χ0v) is 22.7. The van der Waals surface area contributed by atoms with Crippen molar-refractivity contribution in [3.63, 3.8) is 0 Å². The lowest BCUT2D eigenvalue weighted by atomic mass is 9.86. The van der Waals surface area contributed by atoms with Crippen molar-refractivity contribution in [3.05, 3.63) is 46.0 Å². The third kappa shape index (κ3) is 8.13. The van der Waals surface area contributed by atoms with Gasteiger partial charge in [-0.25, -0.2) is 14.8 Å². The van der Waals surface area contributed by atoms with Gasteiger partial charge in [0.1, 0.15) is 15.9 Å². The van der Waals surface area contributed by atoms with Crippen LogP contribution >= 0.6 is 23.2 Å². The van der Waals surface area contributed by atoms with Gasteiger partial charge < -0.3 is 30.2 Å². The highest BCUT2D eigenvalue weighted by Crippen LogP contribution is 2.38. The fraction of sp³-hybridized carbons (Fsp3) is 0.560. The molecule has 10 nitrogen and oxygen atoms in total. The SMILES string of the molecule is CC(C)(C)OC(=O)Nc1cnc(Cl)cc1C1(O)CCOCC1.Nc1cnc(Cl)cc1C1(O)CCOCC1. The third-order valence-electron chi connectivity index (χ3n) is 6.05. The van der Waals surface area contributed by atoms with Gasteiger partial charge in [0, 0.05) is 63.2 Å². The molecule has 0 spiro atoms. The minimum Gasteiger partial charge on any atom is -0.444 e. The molecule has 37 heavy (non-hydrogen) atoms. The summed E-state index contributed by atoms with van der Waals surface area (Å²) in [5, 5.41) is 24.5. The van der Waals surface area contributed by atoms with Crippen LogP contribution in [-0.4, -0.2) is 58.3 Å². The van der Waals surface area contributed by atoms with E-state index in [0.717, 1.165) is 0 Å². The Morgan fingerprint density at radius 3 is 1.92 bits per heavy atom. The number of carbonyl (C=O) groups is 1. The number of halogens is 2. The Morgan fingerprint density at radius 1 is 0.946 bits per heavy atom. The molecule has 0 aromatic carbocycles. The van der Waals surface area contributed by atoms with E-state index in [4.69, 9.17) is 43.1 Å². The number of nitrogens with zero attached hydrogens (tertiary/aromatic N) is 2. The largest absolute Gasteiger partial charge is 0.444 e. The lowest BCUT2D eigenvalue weighted by molar-refractivity contribution is -0.0679. The summed E-state index contributed by atoms with van der Waals surface area (Å²) in [4.78, 5) is 19.8. The minimum atomic E-state index is -1.10. The van der Waals surface area contributed by atoms with Gasteiger partial charge in [0.25, 0.3) is 0 Å². The molecule has 0 radical (unpaired) electrons. The van der Waals surface area contributed by atoms with Crippen molar-refractivity contribution in [2.24, 2.45) is 0 Å². The van der Waals surface area contributed by atoms with E-state index in [2.05, 4.69) is 15.3 Å². The first-order chi connectivity index (χ1) is 17.3. The Balaban J connectivity index is 0.000000220. The zero-order valence-electron chi connectivity index (χ0n) is 21.2. The molecular weight excluding hydrogens is 523 g/mol. The Labute approximate surface area is 226 Å². The van der Waals surface area contributed by atoms with Gasteiger partial charge in [-0.1, -0.05) is 23.2 Å². The lowest BCUT2D eigenvalue weighted by Gasteiger charge is -2.34. The predicted octanol–water partition coefficient (Wildman–Crippen LogP) is 4.40. The van der Waals surface area contributed by atoms with Crippen molar-refractivity contribution in [2.75, 3.05) is 37.5 Å². The Hall–Kier alpha value is -2.21. The smallest absolute Gasteiger partial charge is 0.412 e. The van der Waals surface area contributed by atoms with Gasteiger partial charge in [-0.15, -0.1) is 0 Å². The first-order valence-corrected chi connectivity index (χ1v) is 12.7. The highest BCUT2D eigenvalue weighted by Gasteiger charge is 2.35. The number of hydrogen-bond donors (Lipinski definition) is 4. The average Bonchev–Trinajstić information content (AvgIpc) is 2.82. The molecule has 2 aromatic heterocycles. The normalized spacial score (nSPS) is 18.8. The third-order valence-corrected chi connectivity index (χ3v) is 6.46. The van der Waals surface area contributed by atoms with Crippen LogP contribution in [0.5, 0.6) is 0 Å². The molecule has 12 heteroatoms. The van der Waals surface area contributed by atoms with E-state index in [9.17, 15) is 15.0 Å². The van der Waals surface area contributed by atoms with Gasteiger partial charge in [0.2, 0.25) is 0 Å². The van der Waals surface area contributed by atoms with Gasteiger partial charge in [0.05, 0.1) is 35.0 Å². The van der Waals surface area contributed by atoms with E-state index >= 15 is 0 Å². The van der Waals surface area contributed by atoms with Gasteiger partial charge in [-0.2, -0.15) is 0 Å². The summed E-state index contributed by atoms with van der Waals surface area (Å²) < 4.78 is 15.7. The van der Waals surface area contributed by atoms with Crippen LogP contribution in [0, 0.1) is 0 Å². The van der Waals surface area contributed by atoms with Crippen LogP contribution in [0.2, 0.25) is 10.3 Å². The fourth-order valence-corrected chi connectivity index (χ4v) is 4.44. The number of nitrogens with two attached hydrogens (primary N) is 1. The summed E-state index contributed by atoms with van der Waals surface area (Å²) in [6.07, 6.45) is 4.23. The van der Waals surface area contributed by atoms with E-state index in [1.165, 1.54) is 12.4 Å². The average molecular weight is 557 g/mol. The molecule has 0 atom stereocenters.